The van der Waals surface area contributed by atoms with E-state index in [0.29, 0.717) is 11.4 Å². The van der Waals surface area contributed by atoms with E-state index in [2.05, 4.69) is 39.5 Å². The van der Waals surface area contributed by atoms with Crippen LogP contribution in [0.15, 0.2) is 30.3 Å². The van der Waals surface area contributed by atoms with Crippen LogP contribution in [-0.2, 0) is 11.3 Å². The molecule has 142 valence electrons. The first kappa shape index (κ1) is 18.2. The van der Waals surface area contributed by atoms with Crippen molar-refractivity contribution in [1.82, 2.24) is 10.3 Å². The lowest BCUT2D eigenvalue weighted by molar-refractivity contribution is 0.0955. The molecule has 0 radical (unpaired) electrons. The number of thiophene rings is 1. The highest BCUT2D eigenvalue weighted by Gasteiger charge is 2.15. The number of rotatable bonds is 5. The zero-order chi connectivity index (χ0) is 18.8. The number of thiazole rings is 1. The number of benzene rings is 1. The summed E-state index contributed by atoms with van der Waals surface area (Å²) in [5.74, 6) is -0.0474. The molecule has 0 spiro atoms. The standard InChI is InChI=1S/C19H22N4O2S2/c1-22(2)19-21-18-16(27-19)11-15(26-18)17(24)20-12-13-3-5-14(6-4-13)23-7-9-25-10-8-23/h3-6,11H,7-10,12H2,1-2H3,(H,20,24). The second-order valence-electron chi connectivity index (χ2n) is 6.62. The van der Waals surface area contributed by atoms with Gasteiger partial charge in [-0.1, -0.05) is 23.5 Å². The van der Waals surface area contributed by atoms with Crippen LogP contribution in [0.3, 0.4) is 0 Å². The molecule has 0 saturated carbocycles. The van der Waals surface area contributed by atoms with Crippen LogP contribution in [0.1, 0.15) is 15.2 Å². The predicted molar refractivity (Wildman–Crippen MR) is 112 cm³/mol. The number of aromatic nitrogens is 1. The number of fused-ring (bicyclic) bond motifs is 1. The SMILES string of the molecule is CN(C)c1nc2sc(C(=O)NCc3ccc(N4CCOCC4)cc3)cc2s1. The van der Waals surface area contributed by atoms with E-state index in [9.17, 15) is 4.79 Å². The topological polar surface area (TPSA) is 57.7 Å². The first-order valence-electron chi connectivity index (χ1n) is 8.88. The quantitative estimate of drug-likeness (QED) is 0.710. The van der Waals surface area contributed by atoms with E-state index in [4.69, 9.17) is 4.74 Å². The number of anilines is 2. The van der Waals surface area contributed by atoms with Gasteiger partial charge in [0, 0.05) is 39.4 Å². The lowest BCUT2D eigenvalue weighted by Gasteiger charge is -2.28. The minimum Gasteiger partial charge on any atom is -0.378 e. The maximum atomic E-state index is 12.5. The maximum Gasteiger partial charge on any atom is 0.261 e. The lowest BCUT2D eigenvalue weighted by Crippen LogP contribution is -2.36. The third-order valence-corrected chi connectivity index (χ3v) is 6.78. The summed E-state index contributed by atoms with van der Waals surface area (Å²) in [7, 11) is 3.95. The molecule has 0 atom stereocenters. The Morgan fingerprint density at radius 1 is 1.22 bits per heavy atom. The Labute approximate surface area is 166 Å². The molecule has 2 aromatic heterocycles. The highest BCUT2D eigenvalue weighted by atomic mass is 32.1. The third kappa shape index (κ3) is 4.07. The van der Waals surface area contributed by atoms with Crippen LogP contribution < -0.4 is 15.1 Å². The van der Waals surface area contributed by atoms with Crippen LogP contribution in [-0.4, -0.2) is 51.3 Å². The molecular weight excluding hydrogens is 380 g/mol. The van der Waals surface area contributed by atoms with Crippen molar-refractivity contribution in [2.45, 2.75) is 6.54 Å². The second-order valence-corrected chi connectivity index (χ2v) is 8.66. The largest absolute Gasteiger partial charge is 0.378 e. The summed E-state index contributed by atoms with van der Waals surface area (Å²) in [6, 6.07) is 10.3. The Morgan fingerprint density at radius 2 is 1.96 bits per heavy atom. The van der Waals surface area contributed by atoms with E-state index in [1.54, 1.807) is 11.3 Å². The van der Waals surface area contributed by atoms with Gasteiger partial charge >= 0.3 is 0 Å². The first-order valence-corrected chi connectivity index (χ1v) is 10.5. The Kier molecular flexibility index (Phi) is 5.29. The summed E-state index contributed by atoms with van der Waals surface area (Å²) >= 11 is 3.05. The van der Waals surface area contributed by atoms with Crippen molar-refractivity contribution < 1.29 is 9.53 Å². The molecule has 6 nitrogen and oxygen atoms in total. The van der Waals surface area contributed by atoms with Crippen LogP contribution in [0.4, 0.5) is 10.8 Å². The van der Waals surface area contributed by atoms with E-state index in [1.807, 2.05) is 25.1 Å². The number of carbonyl (C=O) groups excluding carboxylic acids is 1. The molecule has 3 heterocycles. The molecule has 0 aliphatic carbocycles. The van der Waals surface area contributed by atoms with Gasteiger partial charge in [0.15, 0.2) is 5.13 Å². The second kappa shape index (κ2) is 7.84. The Balaban J connectivity index is 1.36. The number of nitrogens with zero attached hydrogens (tertiary/aromatic N) is 3. The molecule has 27 heavy (non-hydrogen) atoms. The van der Waals surface area contributed by atoms with Gasteiger partial charge in [0.2, 0.25) is 0 Å². The van der Waals surface area contributed by atoms with E-state index in [0.717, 1.165) is 46.5 Å². The van der Waals surface area contributed by atoms with Crippen LogP contribution in [0, 0.1) is 0 Å². The van der Waals surface area contributed by atoms with Gasteiger partial charge in [-0.2, -0.15) is 0 Å². The number of ether oxygens (including phenoxy) is 1. The normalized spacial score (nSPS) is 14.5. The number of hydrogen-bond acceptors (Lipinski definition) is 7. The molecule has 3 aromatic rings. The zero-order valence-corrected chi connectivity index (χ0v) is 17.0. The summed E-state index contributed by atoms with van der Waals surface area (Å²) < 4.78 is 6.45. The van der Waals surface area contributed by atoms with Gasteiger partial charge in [-0.25, -0.2) is 4.98 Å². The molecule has 8 heteroatoms. The monoisotopic (exact) mass is 402 g/mol. The van der Waals surface area contributed by atoms with Crippen LogP contribution in [0.2, 0.25) is 0 Å². The smallest absolute Gasteiger partial charge is 0.261 e. The minimum atomic E-state index is -0.0474. The van der Waals surface area contributed by atoms with Crippen LogP contribution >= 0.6 is 22.7 Å². The molecule has 0 unspecified atom stereocenters. The van der Waals surface area contributed by atoms with Gasteiger partial charge in [0.05, 0.1) is 22.8 Å². The van der Waals surface area contributed by atoms with Crippen LogP contribution in [0.5, 0.6) is 0 Å². The molecule has 4 rings (SSSR count). The minimum absolute atomic E-state index is 0.0474. The molecule has 1 fully saturated rings. The van der Waals surface area contributed by atoms with Gasteiger partial charge in [0.1, 0.15) is 4.83 Å². The predicted octanol–water partition coefficient (Wildman–Crippen LogP) is 3.19. The van der Waals surface area contributed by atoms with E-state index in [-0.39, 0.29) is 5.91 Å². The van der Waals surface area contributed by atoms with Gasteiger partial charge in [-0.3, -0.25) is 4.79 Å². The Bertz CT molecular complexity index is 895. The fourth-order valence-electron chi connectivity index (χ4n) is 2.94. The number of hydrogen-bond donors (Lipinski definition) is 1. The molecule has 1 aliphatic heterocycles. The van der Waals surface area contributed by atoms with Crippen molar-refractivity contribution in [2.24, 2.45) is 0 Å². The third-order valence-electron chi connectivity index (χ3n) is 4.45. The zero-order valence-electron chi connectivity index (χ0n) is 15.4. The van der Waals surface area contributed by atoms with Crippen molar-refractivity contribution in [3.05, 3.63) is 40.8 Å². The maximum absolute atomic E-state index is 12.5. The van der Waals surface area contributed by atoms with Gasteiger partial charge in [-0.15, -0.1) is 11.3 Å². The van der Waals surface area contributed by atoms with Crippen molar-refractivity contribution >= 4 is 48.9 Å². The van der Waals surface area contributed by atoms with Gasteiger partial charge in [0.25, 0.3) is 5.91 Å². The summed E-state index contributed by atoms with van der Waals surface area (Å²) in [6.07, 6.45) is 0. The fourth-order valence-corrected chi connectivity index (χ4v) is 4.99. The highest BCUT2D eigenvalue weighted by Crippen LogP contribution is 2.33. The van der Waals surface area contributed by atoms with Crippen molar-refractivity contribution in [3.63, 3.8) is 0 Å². The molecule has 1 N–H and O–H groups in total. The van der Waals surface area contributed by atoms with Crippen molar-refractivity contribution in [1.29, 1.82) is 0 Å². The van der Waals surface area contributed by atoms with E-state index in [1.165, 1.54) is 17.0 Å². The van der Waals surface area contributed by atoms with Crippen molar-refractivity contribution in [2.75, 3.05) is 50.2 Å². The molecular formula is C19H22N4O2S2. The van der Waals surface area contributed by atoms with Gasteiger partial charge < -0.3 is 19.9 Å². The Morgan fingerprint density at radius 3 is 2.63 bits per heavy atom. The molecule has 1 aromatic carbocycles. The first-order chi connectivity index (χ1) is 13.1. The number of amides is 1. The lowest BCUT2D eigenvalue weighted by atomic mass is 10.2. The number of nitrogens with one attached hydrogen (secondary N) is 1. The molecule has 1 aliphatic rings. The summed E-state index contributed by atoms with van der Waals surface area (Å²) in [6.45, 7) is 3.93. The molecule has 1 amide bonds. The molecule has 0 bridgehead atoms. The fraction of sp³-hybridized carbons (Fsp3) is 0.368. The highest BCUT2D eigenvalue weighted by molar-refractivity contribution is 7.29. The van der Waals surface area contributed by atoms with Crippen LogP contribution in [0.25, 0.3) is 9.53 Å². The molecule has 1 saturated heterocycles. The average Bonchev–Trinajstić information content (AvgIpc) is 3.27. The summed E-state index contributed by atoms with van der Waals surface area (Å²) in [4.78, 5) is 22.9. The van der Waals surface area contributed by atoms with Crippen molar-refractivity contribution in [3.8, 4) is 0 Å². The average molecular weight is 403 g/mol. The van der Waals surface area contributed by atoms with E-state index >= 15 is 0 Å². The van der Waals surface area contributed by atoms with Gasteiger partial charge in [-0.05, 0) is 23.8 Å². The number of morpholine rings is 1. The summed E-state index contributed by atoms with van der Waals surface area (Å²) in [5, 5.41) is 3.97. The Hall–Kier alpha value is -2.16. The van der Waals surface area contributed by atoms with E-state index < -0.39 is 0 Å². The summed E-state index contributed by atoms with van der Waals surface area (Å²) in [5.41, 5.74) is 2.29. The number of carbonyl (C=O) groups is 1.